The average molecular weight is 346 g/mol. The van der Waals surface area contributed by atoms with E-state index in [1.807, 2.05) is 13.0 Å². The number of carbonyl (C=O) groups is 2. The van der Waals surface area contributed by atoms with Crippen LogP contribution in [-0.4, -0.2) is 35.0 Å². The van der Waals surface area contributed by atoms with Crippen LogP contribution >= 0.6 is 27.3 Å². The maximum absolute atomic E-state index is 12.4. The Balaban J connectivity index is 2.04. The van der Waals surface area contributed by atoms with E-state index < -0.39 is 5.97 Å². The van der Waals surface area contributed by atoms with Gasteiger partial charge in [0.25, 0.3) is 5.91 Å². The predicted molar refractivity (Wildman–Crippen MR) is 77.6 cm³/mol. The van der Waals surface area contributed by atoms with Gasteiger partial charge >= 0.3 is 5.97 Å². The summed E-state index contributed by atoms with van der Waals surface area (Å²) in [5, 5.41) is 8.84. The van der Waals surface area contributed by atoms with Gasteiger partial charge in [-0.15, -0.1) is 11.3 Å². The summed E-state index contributed by atoms with van der Waals surface area (Å²) in [6.45, 7) is 3.24. The first-order valence-electron chi connectivity index (χ1n) is 6.24. The SMILES string of the molecule is Cc1cc(C(=O)N2CCCC(CC(=O)O)C2)sc1Br. The summed E-state index contributed by atoms with van der Waals surface area (Å²) in [6.07, 6.45) is 1.93. The molecule has 1 amide bonds. The first-order valence-corrected chi connectivity index (χ1v) is 7.85. The number of halogens is 1. The molecule has 2 heterocycles. The van der Waals surface area contributed by atoms with Crippen molar-refractivity contribution >= 4 is 39.1 Å². The molecule has 1 saturated heterocycles. The molecular weight excluding hydrogens is 330 g/mol. The van der Waals surface area contributed by atoms with Gasteiger partial charge in [0.15, 0.2) is 0 Å². The minimum Gasteiger partial charge on any atom is -0.481 e. The molecule has 0 spiro atoms. The van der Waals surface area contributed by atoms with Crippen LogP contribution in [-0.2, 0) is 4.79 Å². The number of nitrogens with zero attached hydrogens (tertiary/aromatic N) is 1. The number of thiophene rings is 1. The highest BCUT2D eigenvalue weighted by Gasteiger charge is 2.26. The lowest BCUT2D eigenvalue weighted by atomic mass is 9.95. The van der Waals surface area contributed by atoms with Gasteiger partial charge in [-0.05, 0) is 53.2 Å². The summed E-state index contributed by atoms with van der Waals surface area (Å²) in [4.78, 5) is 25.6. The maximum atomic E-state index is 12.4. The second kappa shape index (κ2) is 6.05. The Morgan fingerprint density at radius 2 is 2.32 bits per heavy atom. The zero-order valence-electron chi connectivity index (χ0n) is 10.7. The number of carboxylic acid groups (broad SMARTS) is 1. The molecule has 0 aliphatic carbocycles. The van der Waals surface area contributed by atoms with Crippen LogP contribution < -0.4 is 0 Å². The Hall–Kier alpha value is -0.880. The minimum absolute atomic E-state index is 0.0221. The molecule has 1 atom stereocenters. The summed E-state index contributed by atoms with van der Waals surface area (Å²) in [6, 6.07) is 1.89. The summed E-state index contributed by atoms with van der Waals surface area (Å²) in [7, 11) is 0. The molecule has 1 aromatic rings. The fourth-order valence-electron chi connectivity index (χ4n) is 2.38. The predicted octanol–water partition coefficient (Wildman–Crippen LogP) is 3.15. The molecule has 0 aromatic carbocycles. The van der Waals surface area contributed by atoms with E-state index in [4.69, 9.17) is 5.11 Å². The van der Waals surface area contributed by atoms with E-state index in [0.717, 1.165) is 33.6 Å². The number of piperidine rings is 1. The lowest BCUT2D eigenvalue weighted by Crippen LogP contribution is -2.40. The van der Waals surface area contributed by atoms with Crippen molar-refractivity contribution in [2.75, 3.05) is 13.1 Å². The van der Waals surface area contributed by atoms with Gasteiger partial charge in [0.2, 0.25) is 0 Å². The lowest BCUT2D eigenvalue weighted by Gasteiger charge is -2.31. The Labute approximate surface area is 124 Å². The highest BCUT2D eigenvalue weighted by atomic mass is 79.9. The van der Waals surface area contributed by atoms with Crippen molar-refractivity contribution in [3.05, 3.63) is 20.3 Å². The number of hydrogen-bond acceptors (Lipinski definition) is 3. The third-order valence-electron chi connectivity index (χ3n) is 3.34. The van der Waals surface area contributed by atoms with Crippen LogP contribution in [0.1, 0.15) is 34.5 Å². The van der Waals surface area contributed by atoms with Gasteiger partial charge < -0.3 is 10.0 Å². The topological polar surface area (TPSA) is 57.6 Å². The largest absolute Gasteiger partial charge is 0.481 e. The highest BCUT2D eigenvalue weighted by Crippen LogP contribution is 2.29. The summed E-state index contributed by atoms with van der Waals surface area (Å²) >= 11 is 4.86. The van der Waals surface area contributed by atoms with Gasteiger partial charge in [-0.25, -0.2) is 0 Å². The average Bonchev–Trinajstić information content (AvgIpc) is 2.68. The number of amides is 1. The van der Waals surface area contributed by atoms with Crippen molar-refractivity contribution in [2.24, 2.45) is 5.92 Å². The van der Waals surface area contributed by atoms with Crippen LogP contribution in [0, 0.1) is 12.8 Å². The molecule has 1 aliphatic rings. The number of aryl methyl sites for hydroxylation is 1. The molecule has 4 nitrogen and oxygen atoms in total. The molecule has 1 fully saturated rings. The van der Waals surface area contributed by atoms with Crippen molar-refractivity contribution < 1.29 is 14.7 Å². The van der Waals surface area contributed by atoms with Crippen LogP contribution in [0.15, 0.2) is 9.85 Å². The van der Waals surface area contributed by atoms with Crippen molar-refractivity contribution in [2.45, 2.75) is 26.2 Å². The number of likely N-dealkylation sites (tertiary alicyclic amines) is 1. The van der Waals surface area contributed by atoms with E-state index in [9.17, 15) is 9.59 Å². The smallest absolute Gasteiger partial charge is 0.303 e. The van der Waals surface area contributed by atoms with Crippen LogP contribution in [0.2, 0.25) is 0 Å². The van der Waals surface area contributed by atoms with Crippen LogP contribution in [0.3, 0.4) is 0 Å². The Kier molecular flexibility index (Phi) is 4.62. The molecule has 2 rings (SSSR count). The first kappa shape index (κ1) is 14.5. The third-order valence-corrected chi connectivity index (χ3v) is 5.46. The molecule has 0 bridgehead atoms. The quantitative estimate of drug-likeness (QED) is 0.915. The lowest BCUT2D eigenvalue weighted by molar-refractivity contribution is -0.138. The monoisotopic (exact) mass is 345 g/mol. The first-order chi connectivity index (χ1) is 8.97. The zero-order chi connectivity index (χ0) is 14.0. The summed E-state index contributed by atoms with van der Waals surface area (Å²) in [5.41, 5.74) is 1.06. The Morgan fingerprint density at radius 1 is 1.58 bits per heavy atom. The van der Waals surface area contributed by atoms with Gasteiger partial charge in [-0.1, -0.05) is 0 Å². The normalized spacial score (nSPS) is 19.5. The Morgan fingerprint density at radius 3 is 2.89 bits per heavy atom. The second-order valence-corrected chi connectivity index (χ2v) is 7.29. The van der Waals surface area contributed by atoms with Gasteiger partial charge in [-0.2, -0.15) is 0 Å². The molecule has 1 aliphatic heterocycles. The van der Waals surface area contributed by atoms with Gasteiger partial charge in [0, 0.05) is 19.5 Å². The summed E-state index contributed by atoms with van der Waals surface area (Å²) < 4.78 is 0.981. The number of rotatable bonds is 3. The van der Waals surface area contributed by atoms with Crippen molar-refractivity contribution in [3.63, 3.8) is 0 Å². The number of aliphatic carboxylic acids is 1. The maximum Gasteiger partial charge on any atom is 0.303 e. The zero-order valence-corrected chi connectivity index (χ0v) is 13.1. The molecule has 0 saturated carbocycles. The van der Waals surface area contributed by atoms with E-state index >= 15 is 0 Å². The van der Waals surface area contributed by atoms with E-state index in [1.165, 1.54) is 11.3 Å². The van der Waals surface area contributed by atoms with E-state index in [2.05, 4.69) is 15.9 Å². The second-order valence-electron chi connectivity index (χ2n) is 4.92. The minimum atomic E-state index is -0.783. The molecule has 1 aromatic heterocycles. The standard InChI is InChI=1S/C13H16BrNO3S/c1-8-5-10(19-12(8)14)13(18)15-4-2-3-9(7-15)6-11(16)17/h5,9H,2-4,6-7H2,1H3,(H,16,17). The van der Waals surface area contributed by atoms with E-state index in [-0.39, 0.29) is 18.2 Å². The molecule has 104 valence electrons. The Bertz CT molecular complexity index is 481. The van der Waals surface area contributed by atoms with Crippen LogP contribution in [0.5, 0.6) is 0 Å². The van der Waals surface area contributed by atoms with Crippen molar-refractivity contribution in [1.29, 1.82) is 0 Å². The van der Waals surface area contributed by atoms with Gasteiger partial charge in [-0.3, -0.25) is 9.59 Å². The number of carbonyl (C=O) groups excluding carboxylic acids is 1. The fourth-order valence-corrected chi connectivity index (χ4v) is 3.89. The van der Waals surface area contributed by atoms with E-state index in [0.29, 0.717) is 6.54 Å². The fraction of sp³-hybridized carbons (Fsp3) is 0.538. The number of hydrogen-bond donors (Lipinski definition) is 1. The van der Waals surface area contributed by atoms with Crippen molar-refractivity contribution in [3.8, 4) is 0 Å². The van der Waals surface area contributed by atoms with Gasteiger partial charge in [0.1, 0.15) is 0 Å². The molecule has 1 unspecified atom stereocenters. The van der Waals surface area contributed by atoms with E-state index in [1.54, 1.807) is 4.90 Å². The third kappa shape index (κ3) is 3.57. The highest BCUT2D eigenvalue weighted by molar-refractivity contribution is 9.11. The molecule has 6 heteroatoms. The van der Waals surface area contributed by atoms with Crippen LogP contribution in [0.25, 0.3) is 0 Å². The summed E-state index contributed by atoms with van der Waals surface area (Å²) in [5.74, 6) is -0.678. The molecular formula is C13H16BrNO3S. The molecule has 0 radical (unpaired) electrons. The molecule has 19 heavy (non-hydrogen) atoms. The van der Waals surface area contributed by atoms with Crippen molar-refractivity contribution in [1.82, 2.24) is 4.90 Å². The molecule has 1 N–H and O–H groups in total. The van der Waals surface area contributed by atoms with Gasteiger partial charge in [0.05, 0.1) is 8.66 Å². The van der Waals surface area contributed by atoms with Crippen LogP contribution in [0.4, 0.5) is 0 Å². The number of carboxylic acids is 1.